The predicted octanol–water partition coefficient (Wildman–Crippen LogP) is 1.78. The van der Waals surface area contributed by atoms with E-state index >= 15 is 0 Å². The highest BCUT2D eigenvalue weighted by molar-refractivity contribution is 7.88. The molecule has 1 aromatic rings. The summed E-state index contributed by atoms with van der Waals surface area (Å²) in [6, 6.07) is 9.40. The summed E-state index contributed by atoms with van der Waals surface area (Å²) in [5, 5.41) is 2.77. The second-order valence-corrected chi connectivity index (χ2v) is 8.01. The molecule has 0 bridgehead atoms. The standard InChI is InChI=1S/C17H26N2O4S/c1-24(21,22)19(15-7-5-6-8-15)13-12-18-17(20)11-14-23-16-9-3-2-4-10-16/h2-4,9-10,15H,5-8,11-14H2,1H3,(H,18,20). The maximum absolute atomic E-state index is 11.9. The second kappa shape index (κ2) is 9.03. The number of rotatable bonds is 9. The van der Waals surface area contributed by atoms with Crippen molar-refractivity contribution in [3.8, 4) is 5.75 Å². The summed E-state index contributed by atoms with van der Waals surface area (Å²) >= 11 is 0. The zero-order valence-corrected chi connectivity index (χ0v) is 14.9. The Kier molecular flexibility index (Phi) is 7.05. The van der Waals surface area contributed by atoms with Crippen LogP contribution in [0.3, 0.4) is 0 Å². The number of benzene rings is 1. The Morgan fingerprint density at radius 1 is 1.25 bits per heavy atom. The number of sulfonamides is 1. The van der Waals surface area contributed by atoms with Crippen molar-refractivity contribution in [1.29, 1.82) is 0 Å². The number of carbonyl (C=O) groups is 1. The van der Waals surface area contributed by atoms with Gasteiger partial charge in [-0.1, -0.05) is 31.0 Å². The third-order valence-electron chi connectivity index (χ3n) is 4.15. The molecule has 0 atom stereocenters. The molecule has 0 aliphatic heterocycles. The lowest BCUT2D eigenvalue weighted by Crippen LogP contribution is -2.43. The zero-order chi connectivity index (χ0) is 17.4. The van der Waals surface area contributed by atoms with Gasteiger partial charge in [-0.05, 0) is 25.0 Å². The number of hydrogen-bond acceptors (Lipinski definition) is 4. The average molecular weight is 354 g/mol. The Morgan fingerprint density at radius 3 is 2.54 bits per heavy atom. The van der Waals surface area contributed by atoms with Gasteiger partial charge in [0, 0.05) is 19.1 Å². The normalized spacial score (nSPS) is 15.6. The van der Waals surface area contributed by atoms with Crippen molar-refractivity contribution in [2.24, 2.45) is 0 Å². The molecule has 7 heteroatoms. The van der Waals surface area contributed by atoms with Crippen LogP contribution in [-0.2, 0) is 14.8 Å². The van der Waals surface area contributed by atoms with E-state index < -0.39 is 10.0 Å². The summed E-state index contributed by atoms with van der Waals surface area (Å²) in [6.45, 7) is 0.955. The fourth-order valence-electron chi connectivity index (χ4n) is 2.98. The first kappa shape index (κ1) is 18.7. The van der Waals surface area contributed by atoms with Crippen molar-refractivity contribution >= 4 is 15.9 Å². The van der Waals surface area contributed by atoms with Gasteiger partial charge in [-0.15, -0.1) is 0 Å². The fraction of sp³-hybridized carbons (Fsp3) is 0.588. The molecule has 1 amide bonds. The highest BCUT2D eigenvalue weighted by Crippen LogP contribution is 2.24. The lowest BCUT2D eigenvalue weighted by molar-refractivity contribution is -0.121. The summed E-state index contributed by atoms with van der Waals surface area (Å²) in [7, 11) is -3.24. The molecule has 1 aliphatic carbocycles. The van der Waals surface area contributed by atoms with E-state index in [1.165, 1.54) is 10.6 Å². The molecule has 1 aromatic carbocycles. The van der Waals surface area contributed by atoms with Crippen molar-refractivity contribution < 1.29 is 17.9 Å². The van der Waals surface area contributed by atoms with Crippen LogP contribution in [0.5, 0.6) is 5.75 Å². The summed E-state index contributed by atoms with van der Waals surface area (Å²) in [6.07, 6.45) is 5.44. The molecule has 0 aromatic heterocycles. The van der Waals surface area contributed by atoms with E-state index in [2.05, 4.69) is 5.32 Å². The van der Waals surface area contributed by atoms with Crippen LogP contribution in [0.2, 0.25) is 0 Å². The largest absolute Gasteiger partial charge is 0.493 e. The molecule has 1 fully saturated rings. The van der Waals surface area contributed by atoms with Gasteiger partial charge in [0.05, 0.1) is 19.3 Å². The van der Waals surface area contributed by atoms with Gasteiger partial charge in [0.1, 0.15) is 5.75 Å². The minimum atomic E-state index is -3.24. The Bertz CT molecular complexity index is 613. The maximum Gasteiger partial charge on any atom is 0.223 e. The van der Waals surface area contributed by atoms with Crippen molar-refractivity contribution in [2.75, 3.05) is 26.0 Å². The van der Waals surface area contributed by atoms with Crippen LogP contribution in [0, 0.1) is 0 Å². The number of nitrogens with one attached hydrogen (secondary N) is 1. The molecule has 0 spiro atoms. The van der Waals surface area contributed by atoms with E-state index in [-0.39, 0.29) is 18.4 Å². The predicted molar refractivity (Wildman–Crippen MR) is 93.4 cm³/mol. The molecule has 134 valence electrons. The lowest BCUT2D eigenvalue weighted by Gasteiger charge is -2.26. The summed E-state index contributed by atoms with van der Waals surface area (Å²) in [5.74, 6) is 0.598. The van der Waals surface area contributed by atoms with Crippen LogP contribution in [-0.4, -0.2) is 50.6 Å². The van der Waals surface area contributed by atoms with Gasteiger partial charge in [0.15, 0.2) is 0 Å². The molecule has 0 saturated heterocycles. The zero-order valence-electron chi connectivity index (χ0n) is 14.1. The highest BCUT2D eigenvalue weighted by atomic mass is 32.2. The van der Waals surface area contributed by atoms with Crippen LogP contribution < -0.4 is 10.1 Å². The molecule has 24 heavy (non-hydrogen) atoms. The maximum atomic E-state index is 11.9. The van der Waals surface area contributed by atoms with Gasteiger partial charge in [-0.2, -0.15) is 4.31 Å². The molecule has 6 nitrogen and oxygen atoms in total. The number of ether oxygens (including phenoxy) is 1. The highest BCUT2D eigenvalue weighted by Gasteiger charge is 2.28. The first-order valence-electron chi connectivity index (χ1n) is 8.38. The van der Waals surface area contributed by atoms with Crippen LogP contribution in [0.1, 0.15) is 32.1 Å². The second-order valence-electron chi connectivity index (χ2n) is 6.07. The minimum absolute atomic E-state index is 0.0818. The van der Waals surface area contributed by atoms with Gasteiger partial charge >= 0.3 is 0 Å². The molecule has 2 rings (SSSR count). The molecule has 1 aliphatic rings. The Hall–Kier alpha value is -1.60. The van der Waals surface area contributed by atoms with Crippen LogP contribution in [0.25, 0.3) is 0 Å². The van der Waals surface area contributed by atoms with Crippen molar-refractivity contribution in [2.45, 2.75) is 38.1 Å². The van der Waals surface area contributed by atoms with Gasteiger partial charge < -0.3 is 10.1 Å². The van der Waals surface area contributed by atoms with Gasteiger partial charge in [0.25, 0.3) is 0 Å². The SMILES string of the molecule is CS(=O)(=O)N(CCNC(=O)CCOc1ccccc1)C1CCCC1. The van der Waals surface area contributed by atoms with Crippen molar-refractivity contribution in [1.82, 2.24) is 9.62 Å². The number of nitrogens with zero attached hydrogens (tertiary/aromatic N) is 1. The molecule has 0 heterocycles. The number of amides is 1. The summed E-state index contributed by atoms with van der Waals surface area (Å²) in [4.78, 5) is 11.8. The smallest absolute Gasteiger partial charge is 0.223 e. The summed E-state index contributed by atoms with van der Waals surface area (Å²) < 4.78 is 30.8. The van der Waals surface area contributed by atoms with Crippen LogP contribution in [0.15, 0.2) is 30.3 Å². The van der Waals surface area contributed by atoms with Crippen LogP contribution >= 0.6 is 0 Å². The quantitative estimate of drug-likeness (QED) is 0.733. The monoisotopic (exact) mass is 354 g/mol. The van der Waals surface area contributed by atoms with E-state index in [1.807, 2.05) is 30.3 Å². The van der Waals surface area contributed by atoms with E-state index in [1.54, 1.807) is 0 Å². The molecule has 0 unspecified atom stereocenters. The Labute approximate surface area is 144 Å². The van der Waals surface area contributed by atoms with Crippen LogP contribution in [0.4, 0.5) is 0 Å². The van der Waals surface area contributed by atoms with E-state index in [4.69, 9.17) is 4.74 Å². The van der Waals surface area contributed by atoms with Gasteiger partial charge in [-0.25, -0.2) is 8.42 Å². The third-order valence-corrected chi connectivity index (χ3v) is 5.49. The number of carbonyl (C=O) groups excluding carboxylic acids is 1. The van der Waals surface area contributed by atoms with E-state index in [9.17, 15) is 13.2 Å². The third kappa shape index (κ3) is 6.13. The topological polar surface area (TPSA) is 75.7 Å². The number of para-hydroxylation sites is 1. The molecule has 1 saturated carbocycles. The summed E-state index contributed by atoms with van der Waals surface area (Å²) in [5.41, 5.74) is 0. The first-order valence-corrected chi connectivity index (χ1v) is 10.2. The molecular weight excluding hydrogens is 328 g/mol. The molecule has 1 N–H and O–H groups in total. The average Bonchev–Trinajstić information content (AvgIpc) is 3.05. The Morgan fingerprint density at radius 2 is 1.92 bits per heavy atom. The minimum Gasteiger partial charge on any atom is -0.493 e. The lowest BCUT2D eigenvalue weighted by atomic mass is 10.2. The van der Waals surface area contributed by atoms with Gasteiger partial charge in [0.2, 0.25) is 15.9 Å². The van der Waals surface area contributed by atoms with Crippen molar-refractivity contribution in [3.63, 3.8) is 0 Å². The van der Waals surface area contributed by atoms with E-state index in [0.717, 1.165) is 31.4 Å². The number of hydrogen-bond donors (Lipinski definition) is 1. The first-order chi connectivity index (χ1) is 11.5. The fourth-order valence-corrected chi connectivity index (χ4v) is 4.16. The van der Waals surface area contributed by atoms with Crippen molar-refractivity contribution in [3.05, 3.63) is 30.3 Å². The Balaban J connectivity index is 1.68. The van der Waals surface area contributed by atoms with Gasteiger partial charge in [-0.3, -0.25) is 4.79 Å². The molecule has 0 radical (unpaired) electrons. The van der Waals surface area contributed by atoms with E-state index in [0.29, 0.717) is 19.7 Å². The molecular formula is C17H26N2O4S.